The standard InChI is InChI=1S/C25H34N2O3S/c1-19(2)16-26-25(29)20(3)27(17-22-11-8-12-23(15-22)30-4)24(28)13-14-31-18-21-9-6-5-7-10-21/h5-12,15,19-20H,13-14,16-18H2,1-4H3,(H,26,29)/t20-/m0/s1. The minimum absolute atomic E-state index is 0.0180. The predicted octanol–water partition coefficient (Wildman–Crippen LogP) is 4.51. The number of carbonyl (C=O) groups excluding carboxylic acids is 2. The summed E-state index contributed by atoms with van der Waals surface area (Å²) < 4.78 is 5.31. The highest BCUT2D eigenvalue weighted by Gasteiger charge is 2.26. The second kappa shape index (κ2) is 13.1. The van der Waals surface area contributed by atoms with Crippen molar-refractivity contribution in [2.24, 2.45) is 5.92 Å². The van der Waals surface area contributed by atoms with Crippen LogP contribution in [-0.4, -0.2) is 42.2 Å². The van der Waals surface area contributed by atoms with Gasteiger partial charge in [-0.05, 0) is 36.1 Å². The highest BCUT2D eigenvalue weighted by molar-refractivity contribution is 7.98. The molecule has 0 aliphatic heterocycles. The molecule has 2 aromatic rings. The van der Waals surface area contributed by atoms with Gasteiger partial charge < -0.3 is 15.0 Å². The Kier molecular flexibility index (Phi) is 10.4. The number of thioether (sulfide) groups is 1. The van der Waals surface area contributed by atoms with Gasteiger partial charge in [-0.25, -0.2) is 0 Å². The molecule has 0 saturated carbocycles. The van der Waals surface area contributed by atoms with E-state index in [9.17, 15) is 9.59 Å². The maximum absolute atomic E-state index is 13.1. The van der Waals surface area contributed by atoms with Crippen LogP contribution in [0.25, 0.3) is 0 Å². The number of hydrogen-bond acceptors (Lipinski definition) is 4. The molecule has 0 radical (unpaired) electrons. The van der Waals surface area contributed by atoms with E-state index in [0.29, 0.717) is 31.2 Å². The van der Waals surface area contributed by atoms with E-state index < -0.39 is 6.04 Å². The van der Waals surface area contributed by atoms with E-state index in [1.165, 1.54) is 5.56 Å². The van der Waals surface area contributed by atoms with Gasteiger partial charge >= 0.3 is 0 Å². The van der Waals surface area contributed by atoms with Crippen LogP contribution in [0.4, 0.5) is 0 Å². The highest BCUT2D eigenvalue weighted by atomic mass is 32.2. The number of rotatable bonds is 12. The molecule has 1 atom stereocenters. The molecular weight excluding hydrogens is 408 g/mol. The Hall–Kier alpha value is -2.47. The Morgan fingerprint density at radius 2 is 1.74 bits per heavy atom. The van der Waals surface area contributed by atoms with E-state index in [1.54, 1.807) is 30.7 Å². The first kappa shape index (κ1) is 24.8. The second-order valence-corrected chi connectivity index (χ2v) is 9.08. The van der Waals surface area contributed by atoms with Gasteiger partial charge in [-0.2, -0.15) is 11.8 Å². The van der Waals surface area contributed by atoms with Crippen molar-refractivity contribution in [1.82, 2.24) is 10.2 Å². The van der Waals surface area contributed by atoms with E-state index in [1.807, 2.05) is 56.3 Å². The van der Waals surface area contributed by atoms with Gasteiger partial charge in [-0.15, -0.1) is 0 Å². The van der Waals surface area contributed by atoms with Crippen LogP contribution in [0.15, 0.2) is 54.6 Å². The molecule has 0 fully saturated rings. The zero-order chi connectivity index (χ0) is 22.6. The fourth-order valence-corrected chi connectivity index (χ4v) is 3.96. The van der Waals surface area contributed by atoms with Gasteiger partial charge in [0.25, 0.3) is 0 Å². The number of nitrogens with zero attached hydrogens (tertiary/aromatic N) is 1. The van der Waals surface area contributed by atoms with E-state index in [2.05, 4.69) is 17.4 Å². The first-order valence-electron chi connectivity index (χ1n) is 10.7. The minimum Gasteiger partial charge on any atom is -0.497 e. The fourth-order valence-electron chi connectivity index (χ4n) is 3.07. The van der Waals surface area contributed by atoms with Gasteiger partial charge in [0.15, 0.2) is 0 Å². The van der Waals surface area contributed by atoms with E-state index >= 15 is 0 Å². The molecular formula is C25H34N2O3S. The van der Waals surface area contributed by atoms with Crippen LogP contribution in [0.5, 0.6) is 5.75 Å². The van der Waals surface area contributed by atoms with Crippen molar-refractivity contribution in [3.05, 3.63) is 65.7 Å². The van der Waals surface area contributed by atoms with Crippen LogP contribution < -0.4 is 10.1 Å². The zero-order valence-corrected chi connectivity index (χ0v) is 19.8. The maximum atomic E-state index is 13.1. The number of amides is 2. The lowest BCUT2D eigenvalue weighted by molar-refractivity contribution is -0.140. The molecule has 2 aromatic carbocycles. The summed E-state index contributed by atoms with van der Waals surface area (Å²) in [5.41, 5.74) is 2.18. The number of methoxy groups -OCH3 is 1. The average Bonchev–Trinajstić information content (AvgIpc) is 2.78. The molecule has 6 heteroatoms. The van der Waals surface area contributed by atoms with Crippen molar-refractivity contribution in [3.63, 3.8) is 0 Å². The maximum Gasteiger partial charge on any atom is 0.242 e. The van der Waals surface area contributed by atoms with Crippen LogP contribution in [0.3, 0.4) is 0 Å². The largest absolute Gasteiger partial charge is 0.497 e. The first-order chi connectivity index (χ1) is 14.9. The molecule has 0 aliphatic carbocycles. The molecule has 0 spiro atoms. The third kappa shape index (κ3) is 8.66. The molecule has 5 nitrogen and oxygen atoms in total. The summed E-state index contributed by atoms with van der Waals surface area (Å²) in [6.07, 6.45) is 0.392. The number of ether oxygens (including phenoxy) is 1. The van der Waals surface area contributed by atoms with Gasteiger partial charge in [0.2, 0.25) is 11.8 Å². The van der Waals surface area contributed by atoms with Crippen molar-refractivity contribution in [2.45, 2.75) is 45.5 Å². The van der Waals surface area contributed by atoms with E-state index in [-0.39, 0.29) is 11.8 Å². The Morgan fingerprint density at radius 3 is 2.42 bits per heavy atom. The normalized spacial score (nSPS) is 11.8. The van der Waals surface area contributed by atoms with Gasteiger partial charge in [0.1, 0.15) is 11.8 Å². The Balaban J connectivity index is 2.02. The third-order valence-electron chi connectivity index (χ3n) is 4.91. The van der Waals surface area contributed by atoms with Gasteiger partial charge in [0.05, 0.1) is 7.11 Å². The van der Waals surface area contributed by atoms with Crippen LogP contribution in [0.1, 0.15) is 38.3 Å². The van der Waals surface area contributed by atoms with Gasteiger partial charge in [-0.3, -0.25) is 9.59 Å². The zero-order valence-electron chi connectivity index (χ0n) is 19.0. The van der Waals surface area contributed by atoms with Crippen molar-refractivity contribution >= 4 is 23.6 Å². The quantitative estimate of drug-likeness (QED) is 0.492. The summed E-state index contributed by atoms with van der Waals surface area (Å²) in [5.74, 6) is 2.53. The summed E-state index contributed by atoms with van der Waals surface area (Å²) >= 11 is 1.73. The molecule has 2 rings (SSSR count). The lowest BCUT2D eigenvalue weighted by Gasteiger charge is -2.29. The van der Waals surface area contributed by atoms with Gasteiger partial charge in [-0.1, -0.05) is 56.3 Å². The SMILES string of the molecule is COc1cccc(CN(C(=O)CCSCc2ccccc2)[C@@H](C)C(=O)NCC(C)C)c1. The van der Waals surface area contributed by atoms with Gasteiger partial charge in [0, 0.05) is 31.0 Å². The lowest BCUT2D eigenvalue weighted by Crippen LogP contribution is -2.48. The van der Waals surface area contributed by atoms with Crippen LogP contribution >= 0.6 is 11.8 Å². The smallest absolute Gasteiger partial charge is 0.242 e. The number of benzene rings is 2. The van der Waals surface area contributed by atoms with Crippen molar-refractivity contribution in [3.8, 4) is 5.75 Å². The van der Waals surface area contributed by atoms with Crippen molar-refractivity contribution in [2.75, 3.05) is 19.4 Å². The van der Waals surface area contributed by atoms with E-state index in [0.717, 1.165) is 17.1 Å². The molecule has 0 heterocycles. The number of hydrogen-bond donors (Lipinski definition) is 1. The number of carbonyl (C=O) groups is 2. The summed E-state index contributed by atoms with van der Waals surface area (Å²) in [7, 11) is 1.62. The van der Waals surface area contributed by atoms with Crippen LogP contribution in [0.2, 0.25) is 0 Å². The molecule has 0 aliphatic rings. The molecule has 31 heavy (non-hydrogen) atoms. The lowest BCUT2D eigenvalue weighted by atomic mass is 10.1. The number of nitrogens with one attached hydrogen (secondary N) is 1. The first-order valence-corrected chi connectivity index (χ1v) is 11.9. The summed E-state index contributed by atoms with van der Waals surface area (Å²) in [4.78, 5) is 27.5. The highest BCUT2D eigenvalue weighted by Crippen LogP contribution is 2.18. The monoisotopic (exact) mass is 442 g/mol. The summed E-state index contributed by atoms with van der Waals surface area (Å²) in [6, 6.07) is 17.3. The Morgan fingerprint density at radius 1 is 1.03 bits per heavy atom. The molecule has 168 valence electrons. The fraction of sp³-hybridized carbons (Fsp3) is 0.440. The van der Waals surface area contributed by atoms with Crippen LogP contribution in [-0.2, 0) is 21.9 Å². The van der Waals surface area contributed by atoms with Crippen LogP contribution in [0, 0.1) is 5.92 Å². The molecule has 0 saturated heterocycles. The second-order valence-electron chi connectivity index (χ2n) is 7.98. The Labute approximate surface area is 190 Å². The topological polar surface area (TPSA) is 58.6 Å². The average molecular weight is 443 g/mol. The third-order valence-corrected chi connectivity index (χ3v) is 5.94. The molecule has 2 amide bonds. The molecule has 1 N–H and O–H groups in total. The van der Waals surface area contributed by atoms with Crippen molar-refractivity contribution in [1.29, 1.82) is 0 Å². The molecule has 0 aromatic heterocycles. The summed E-state index contributed by atoms with van der Waals surface area (Å²) in [6.45, 7) is 6.86. The Bertz CT molecular complexity index is 827. The minimum atomic E-state index is -0.545. The predicted molar refractivity (Wildman–Crippen MR) is 128 cm³/mol. The summed E-state index contributed by atoms with van der Waals surface area (Å²) in [5, 5.41) is 2.95. The molecule has 0 bridgehead atoms. The molecule has 0 unspecified atom stereocenters. The van der Waals surface area contributed by atoms with Crippen molar-refractivity contribution < 1.29 is 14.3 Å². The van der Waals surface area contributed by atoms with E-state index in [4.69, 9.17) is 4.74 Å².